The molecule has 1 aliphatic carbocycles. The summed E-state index contributed by atoms with van der Waals surface area (Å²) in [5, 5.41) is 3.06. The molecule has 2 N–H and O–H groups in total. The number of aromatic nitrogens is 2. The molecule has 2 aliphatic rings. The Labute approximate surface area is 148 Å². The molecule has 0 saturated heterocycles. The second-order valence-corrected chi connectivity index (χ2v) is 8.99. The number of thiophene rings is 2. The molecule has 0 spiro atoms. The van der Waals surface area contributed by atoms with Crippen molar-refractivity contribution in [1.29, 1.82) is 0 Å². The molecule has 4 nitrogen and oxygen atoms in total. The summed E-state index contributed by atoms with van der Waals surface area (Å²) in [5.74, 6) is 0.841. The number of nitrogens with one attached hydrogen (secondary N) is 2. The highest BCUT2D eigenvalue weighted by Crippen LogP contribution is 2.34. The minimum Gasteiger partial charge on any atom is -0.322 e. The van der Waals surface area contributed by atoms with Gasteiger partial charge in [0.15, 0.2) is 5.82 Å². The monoisotopic (exact) mass is 358 g/mol. The van der Waals surface area contributed by atoms with Crippen molar-refractivity contribution in [2.45, 2.75) is 45.2 Å². The van der Waals surface area contributed by atoms with E-state index in [2.05, 4.69) is 23.4 Å². The number of aromatic amines is 1. The van der Waals surface area contributed by atoms with E-state index in [0.717, 1.165) is 48.4 Å². The lowest BCUT2D eigenvalue weighted by Gasteiger charge is -2.30. The Morgan fingerprint density at radius 2 is 2.25 bits per heavy atom. The largest absolute Gasteiger partial charge is 0.322 e. The van der Waals surface area contributed by atoms with E-state index >= 15 is 0 Å². The van der Waals surface area contributed by atoms with Crippen molar-refractivity contribution in [3.63, 3.8) is 0 Å². The Bertz CT molecular complexity index is 984. The standard InChI is InChI=1S/C18H19N3OS2/c1-10-11-6-8-23-13(11)5-7-21(10)9-15-19-17(22)16-12-3-2-4-14(12)24-18(16)20-15/h6,8,10H,2-5,7,9H2,1H3,(H,19,20,22)/p+1/t10-/m1/s1. The number of hydrogen-bond acceptors (Lipinski definition) is 4. The summed E-state index contributed by atoms with van der Waals surface area (Å²) in [6.45, 7) is 4.19. The average Bonchev–Trinajstić information content (AvgIpc) is 3.24. The number of nitrogens with zero attached hydrogens (tertiary/aromatic N) is 1. The average molecular weight is 359 g/mol. The van der Waals surface area contributed by atoms with Crippen molar-refractivity contribution in [2.75, 3.05) is 6.54 Å². The van der Waals surface area contributed by atoms with Gasteiger partial charge < -0.3 is 9.88 Å². The number of quaternary nitrogens is 1. The molecule has 4 heterocycles. The third kappa shape index (κ3) is 2.20. The van der Waals surface area contributed by atoms with Crippen LogP contribution in [0.2, 0.25) is 0 Å². The summed E-state index contributed by atoms with van der Waals surface area (Å²) in [7, 11) is 0. The van der Waals surface area contributed by atoms with Gasteiger partial charge in [0.1, 0.15) is 17.4 Å². The molecule has 1 aliphatic heterocycles. The van der Waals surface area contributed by atoms with Crippen LogP contribution in [0, 0.1) is 0 Å². The maximum atomic E-state index is 12.6. The summed E-state index contributed by atoms with van der Waals surface area (Å²) in [4.78, 5) is 25.8. The zero-order chi connectivity index (χ0) is 16.3. The molecule has 2 atom stereocenters. The smallest absolute Gasteiger partial charge is 0.260 e. The quantitative estimate of drug-likeness (QED) is 0.738. The molecule has 0 radical (unpaired) electrons. The van der Waals surface area contributed by atoms with Crippen LogP contribution in [-0.4, -0.2) is 16.5 Å². The van der Waals surface area contributed by atoms with Crippen LogP contribution in [-0.2, 0) is 25.8 Å². The summed E-state index contributed by atoms with van der Waals surface area (Å²) in [5.41, 5.74) is 2.80. The van der Waals surface area contributed by atoms with Crippen LogP contribution < -0.4 is 10.5 Å². The fraction of sp³-hybridized carbons (Fsp3) is 0.444. The molecule has 0 aromatic carbocycles. The van der Waals surface area contributed by atoms with E-state index in [4.69, 9.17) is 4.98 Å². The predicted molar refractivity (Wildman–Crippen MR) is 98.2 cm³/mol. The second kappa shape index (κ2) is 5.51. The number of fused-ring (bicyclic) bond motifs is 4. The first-order valence-corrected chi connectivity index (χ1v) is 10.3. The van der Waals surface area contributed by atoms with Crippen molar-refractivity contribution < 1.29 is 4.90 Å². The van der Waals surface area contributed by atoms with Gasteiger partial charge in [0.05, 0.1) is 11.9 Å². The summed E-state index contributed by atoms with van der Waals surface area (Å²) >= 11 is 3.60. The molecule has 0 fully saturated rings. The van der Waals surface area contributed by atoms with Crippen molar-refractivity contribution in [3.05, 3.63) is 48.5 Å². The Kier molecular flexibility index (Phi) is 3.40. The van der Waals surface area contributed by atoms with Gasteiger partial charge in [-0.2, -0.15) is 0 Å². The molecule has 6 heteroatoms. The lowest BCUT2D eigenvalue weighted by molar-refractivity contribution is -0.945. The van der Waals surface area contributed by atoms with Crippen LogP contribution in [0.3, 0.4) is 0 Å². The predicted octanol–water partition coefficient (Wildman–Crippen LogP) is 2.24. The Hall–Kier alpha value is -1.50. The zero-order valence-corrected chi connectivity index (χ0v) is 15.3. The van der Waals surface area contributed by atoms with Crippen LogP contribution in [0.1, 0.15) is 46.1 Å². The molecule has 0 saturated carbocycles. The van der Waals surface area contributed by atoms with Gasteiger partial charge in [0, 0.05) is 21.7 Å². The van der Waals surface area contributed by atoms with E-state index in [1.807, 2.05) is 11.3 Å². The first-order valence-electron chi connectivity index (χ1n) is 8.65. The van der Waals surface area contributed by atoms with Gasteiger partial charge in [-0.25, -0.2) is 4.98 Å². The van der Waals surface area contributed by atoms with Crippen LogP contribution in [0.15, 0.2) is 16.2 Å². The maximum Gasteiger partial charge on any atom is 0.260 e. The first kappa shape index (κ1) is 14.8. The number of H-pyrrole nitrogens is 1. The molecular formula is C18H20N3OS2+. The molecule has 0 amide bonds. The highest BCUT2D eigenvalue weighted by Gasteiger charge is 2.29. The van der Waals surface area contributed by atoms with E-state index in [1.54, 1.807) is 11.3 Å². The second-order valence-electron chi connectivity index (χ2n) is 6.91. The van der Waals surface area contributed by atoms with E-state index in [1.165, 1.54) is 32.2 Å². The number of aryl methyl sites for hydroxylation is 2. The summed E-state index contributed by atoms with van der Waals surface area (Å²) < 4.78 is 0. The maximum absolute atomic E-state index is 12.6. The molecule has 5 rings (SSSR count). The van der Waals surface area contributed by atoms with Crippen molar-refractivity contribution in [1.82, 2.24) is 9.97 Å². The Morgan fingerprint density at radius 1 is 1.33 bits per heavy atom. The SMILES string of the molecule is C[C@@H]1c2ccsc2CC[NH+]1Cc1nc2sc3c(c2c(=O)[nH]1)CCC3. The molecule has 0 bridgehead atoms. The molecule has 24 heavy (non-hydrogen) atoms. The van der Waals surface area contributed by atoms with Gasteiger partial charge in [-0.05, 0) is 43.2 Å². The lowest BCUT2D eigenvalue weighted by Crippen LogP contribution is -3.11. The molecule has 3 aromatic heterocycles. The first-order chi connectivity index (χ1) is 11.7. The third-order valence-electron chi connectivity index (χ3n) is 5.55. The van der Waals surface area contributed by atoms with Crippen LogP contribution in [0.4, 0.5) is 0 Å². The van der Waals surface area contributed by atoms with Crippen molar-refractivity contribution in [3.8, 4) is 0 Å². The van der Waals surface area contributed by atoms with E-state index in [9.17, 15) is 4.79 Å². The number of hydrogen-bond donors (Lipinski definition) is 2. The Morgan fingerprint density at radius 3 is 3.17 bits per heavy atom. The third-order valence-corrected chi connectivity index (χ3v) is 7.73. The van der Waals surface area contributed by atoms with Crippen molar-refractivity contribution >= 4 is 32.9 Å². The summed E-state index contributed by atoms with van der Waals surface area (Å²) in [6, 6.07) is 2.72. The highest BCUT2D eigenvalue weighted by atomic mass is 32.1. The number of rotatable bonds is 2. The summed E-state index contributed by atoms with van der Waals surface area (Å²) in [6.07, 6.45) is 4.46. The normalized spacial score (nSPS) is 22.7. The van der Waals surface area contributed by atoms with Crippen LogP contribution in [0.5, 0.6) is 0 Å². The topological polar surface area (TPSA) is 50.2 Å². The van der Waals surface area contributed by atoms with Gasteiger partial charge in [-0.3, -0.25) is 4.79 Å². The van der Waals surface area contributed by atoms with Crippen LogP contribution >= 0.6 is 22.7 Å². The lowest BCUT2D eigenvalue weighted by atomic mass is 10.0. The zero-order valence-electron chi connectivity index (χ0n) is 13.6. The minimum absolute atomic E-state index is 0.0645. The fourth-order valence-electron chi connectivity index (χ4n) is 4.24. The van der Waals surface area contributed by atoms with E-state index < -0.39 is 0 Å². The van der Waals surface area contributed by atoms with Crippen molar-refractivity contribution in [2.24, 2.45) is 0 Å². The molecule has 1 unspecified atom stereocenters. The van der Waals surface area contributed by atoms with Gasteiger partial charge in [0.2, 0.25) is 0 Å². The molecule has 124 valence electrons. The van der Waals surface area contributed by atoms with E-state index in [-0.39, 0.29) is 5.56 Å². The van der Waals surface area contributed by atoms with Gasteiger partial charge in [0.25, 0.3) is 5.56 Å². The van der Waals surface area contributed by atoms with Gasteiger partial charge >= 0.3 is 0 Å². The molecule has 3 aromatic rings. The highest BCUT2D eigenvalue weighted by molar-refractivity contribution is 7.18. The fourth-order valence-corrected chi connectivity index (χ4v) is 6.50. The van der Waals surface area contributed by atoms with E-state index in [0.29, 0.717) is 6.04 Å². The van der Waals surface area contributed by atoms with Gasteiger partial charge in [-0.1, -0.05) is 0 Å². The van der Waals surface area contributed by atoms with Gasteiger partial charge in [-0.15, -0.1) is 22.7 Å². The molecular weight excluding hydrogens is 338 g/mol. The Balaban J connectivity index is 1.49. The minimum atomic E-state index is 0.0645. The van der Waals surface area contributed by atoms with Crippen LogP contribution in [0.25, 0.3) is 10.2 Å².